The van der Waals surface area contributed by atoms with Gasteiger partial charge in [0.1, 0.15) is 0 Å². The van der Waals surface area contributed by atoms with E-state index in [1.807, 2.05) is 6.92 Å². The maximum absolute atomic E-state index is 12.4. The number of nitrogens with two attached hydrogens (primary N) is 1. The lowest BCUT2D eigenvalue weighted by Crippen LogP contribution is -2.06. The number of rotatable bonds is 3. The molecule has 0 saturated heterocycles. The van der Waals surface area contributed by atoms with Gasteiger partial charge in [0.25, 0.3) is 0 Å². The third-order valence-corrected chi connectivity index (χ3v) is 2.80. The van der Waals surface area contributed by atoms with E-state index >= 15 is 0 Å². The minimum Gasteiger partial charge on any atom is -0.324 e. The molecule has 19 heavy (non-hydrogen) atoms. The molecular weight excluding hydrogens is 255 g/mol. The Morgan fingerprint density at radius 3 is 2.37 bits per heavy atom. The summed E-state index contributed by atoms with van der Waals surface area (Å²) in [5.41, 5.74) is 6.72. The van der Waals surface area contributed by atoms with Crippen molar-refractivity contribution in [3.63, 3.8) is 0 Å². The van der Waals surface area contributed by atoms with Crippen LogP contribution in [0.5, 0.6) is 0 Å². The Morgan fingerprint density at radius 2 is 1.89 bits per heavy atom. The van der Waals surface area contributed by atoms with Gasteiger partial charge in [-0.3, -0.25) is 4.68 Å². The van der Waals surface area contributed by atoms with E-state index in [0.717, 1.165) is 23.3 Å². The third-order valence-electron chi connectivity index (χ3n) is 2.80. The van der Waals surface area contributed by atoms with Crippen molar-refractivity contribution < 1.29 is 13.2 Å². The zero-order valence-corrected chi connectivity index (χ0v) is 10.4. The van der Waals surface area contributed by atoms with Crippen molar-refractivity contribution in [2.45, 2.75) is 25.7 Å². The zero-order chi connectivity index (χ0) is 14.0. The Hall–Kier alpha value is -1.82. The standard InChI is InChI=1S/C13H14F3N3/c1-9(17)11-6-18-19(8-11)7-10-2-4-12(5-3-10)13(14,15)16/h2-6,8-9H,7,17H2,1H3. The Labute approximate surface area is 108 Å². The van der Waals surface area contributed by atoms with Crippen molar-refractivity contribution in [3.05, 3.63) is 53.3 Å². The Morgan fingerprint density at radius 1 is 1.26 bits per heavy atom. The average molecular weight is 269 g/mol. The molecule has 0 saturated carbocycles. The summed E-state index contributed by atoms with van der Waals surface area (Å²) in [4.78, 5) is 0. The molecule has 0 aliphatic rings. The highest BCUT2D eigenvalue weighted by molar-refractivity contribution is 5.25. The van der Waals surface area contributed by atoms with Crippen molar-refractivity contribution in [2.24, 2.45) is 5.73 Å². The summed E-state index contributed by atoms with van der Waals surface area (Å²) in [5, 5.41) is 4.12. The molecule has 102 valence electrons. The second-order valence-corrected chi connectivity index (χ2v) is 4.45. The molecule has 0 radical (unpaired) electrons. The zero-order valence-electron chi connectivity index (χ0n) is 10.4. The van der Waals surface area contributed by atoms with E-state index < -0.39 is 11.7 Å². The lowest BCUT2D eigenvalue weighted by atomic mass is 10.1. The van der Waals surface area contributed by atoms with Gasteiger partial charge in [-0.05, 0) is 24.6 Å². The molecule has 0 amide bonds. The van der Waals surface area contributed by atoms with Crippen LogP contribution in [0.4, 0.5) is 13.2 Å². The van der Waals surface area contributed by atoms with E-state index in [1.165, 1.54) is 12.1 Å². The van der Waals surface area contributed by atoms with Crippen LogP contribution < -0.4 is 5.73 Å². The van der Waals surface area contributed by atoms with Gasteiger partial charge in [-0.25, -0.2) is 0 Å². The highest BCUT2D eigenvalue weighted by Crippen LogP contribution is 2.29. The maximum atomic E-state index is 12.4. The average Bonchev–Trinajstić information content (AvgIpc) is 2.77. The summed E-state index contributed by atoms with van der Waals surface area (Å²) in [5.74, 6) is 0. The lowest BCUT2D eigenvalue weighted by molar-refractivity contribution is -0.137. The molecule has 3 nitrogen and oxygen atoms in total. The molecule has 0 aliphatic heterocycles. The summed E-state index contributed by atoms with van der Waals surface area (Å²) >= 11 is 0. The quantitative estimate of drug-likeness (QED) is 0.931. The number of aromatic nitrogens is 2. The predicted octanol–water partition coefficient (Wildman–Crippen LogP) is 2.97. The van der Waals surface area contributed by atoms with Crippen LogP contribution >= 0.6 is 0 Å². The number of nitrogens with zero attached hydrogens (tertiary/aromatic N) is 2. The molecule has 1 unspecified atom stereocenters. The number of alkyl halides is 3. The van der Waals surface area contributed by atoms with Crippen LogP contribution in [0.3, 0.4) is 0 Å². The summed E-state index contributed by atoms with van der Waals surface area (Å²) in [6.45, 7) is 2.27. The minimum atomic E-state index is -4.30. The molecule has 1 aromatic heterocycles. The molecule has 0 spiro atoms. The predicted molar refractivity (Wildman–Crippen MR) is 65.4 cm³/mol. The molecule has 1 heterocycles. The normalized spacial score (nSPS) is 13.5. The van der Waals surface area contributed by atoms with E-state index in [1.54, 1.807) is 17.1 Å². The van der Waals surface area contributed by atoms with Gasteiger partial charge in [0.15, 0.2) is 0 Å². The summed E-state index contributed by atoms with van der Waals surface area (Å²) in [7, 11) is 0. The van der Waals surface area contributed by atoms with Crippen molar-refractivity contribution >= 4 is 0 Å². The van der Waals surface area contributed by atoms with Gasteiger partial charge in [-0.15, -0.1) is 0 Å². The van der Waals surface area contributed by atoms with Crippen LogP contribution in [0.2, 0.25) is 0 Å². The minimum absolute atomic E-state index is 0.110. The first-order chi connectivity index (χ1) is 8.86. The molecule has 0 bridgehead atoms. The van der Waals surface area contributed by atoms with Crippen molar-refractivity contribution in [1.29, 1.82) is 0 Å². The molecule has 0 aliphatic carbocycles. The fourth-order valence-corrected chi connectivity index (χ4v) is 1.69. The SMILES string of the molecule is CC(N)c1cnn(Cc2ccc(C(F)(F)F)cc2)c1. The van der Waals surface area contributed by atoms with Gasteiger partial charge in [0.05, 0.1) is 18.3 Å². The Balaban J connectivity index is 2.11. The first-order valence-electron chi connectivity index (χ1n) is 5.80. The maximum Gasteiger partial charge on any atom is 0.416 e. The summed E-state index contributed by atoms with van der Waals surface area (Å²) < 4.78 is 38.9. The van der Waals surface area contributed by atoms with Gasteiger partial charge in [0.2, 0.25) is 0 Å². The fraction of sp³-hybridized carbons (Fsp3) is 0.308. The molecular formula is C13H14F3N3. The van der Waals surface area contributed by atoms with Gasteiger partial charge in [-0.1, -0.05) is 12.1 Å². The van der Waals surface area contributed by atoms with Crippen LogP contribution in [-0.4, -0.2) is 9.78 Å². The molecule has 2 N–H and O–H groups in total. The van der Waals surface area contributed by atoms with Gasteiger partial charge in [-0.2, -0.15) is 18.3 Å². The van der Waals surface area contributed by atoms with Crippen LogP contribution in [-0.2, 0) is 12.7 Å². The van der Waals surface area contributed by atoms with Crippen molar-refractivity contribution in [1.82, 2.24) is 9.78 Å². The van der Waals surface area contributed by atoms with Crippen molar-refractivity contribution in [2.75, 3.05) is 0 Å². The number of hydrogen-bond donors (Lipinski definition) is 1. The first kappa shape index (κ1) is 13.6. The second-order valence-electron chi connectivity index (χ2n) is 4.45. The van der Waals surface area contributed by atoms with E-state index in [-0.39, 0.29) is 6.04 Å². The highest BCUT2D eigenvalue weighted by Gasteiger charge is 2.29. The van der Waals surface area contributed by atoms with E-state index in [2.05, 4.69) is 5.10 Å². The highest BCUT2D eigenvalue weighted by atomic mass is 19.4. The smallest absolute Gasteiger partial charge is 0.324 e. The van der Waals surface area contributed by atoms with E-state index in [9.17, 15) is 13.2 Å². The van der Waals surface area contributed by atoms with Crippen molar-refractivity contribution in [3.8, 4) is 0 Å². The topological polar surface area (TPSA) is 43.8 Å². The summed E-state index contributed by atoms with van der Waals surface area (Å²) in [6.07, 6.45) is -0.844. The number of benzene rings is 1. The number of hydrogen-bond acceptors (Lipinski definition) is 2. The molecule has 2 rings (SSSR count). The molecule has 1 atom stereocenters. The Bertz CT molecular complexity index is 541. The third kappa shape index (κ3) is 3.35. The van der Waals surface area contributed by atoms with Crippen LogP contribution in [0, 0.1) is 0 Å². The first-order valence-corrected chi connectivity index (χ1v) is 5.80. The lowest BCUT2D eigenvalue weighted by Gasteiger charge is -2.07. The van der Waals surface area contributed by atoms with Crippen LogP contribution in [0.25, 0.3) is 0 Å². The molecule has 0 fully saturated rings. The number of halogens is 3. The molecule has 2 aromatic rings. The van der Waals surface area contributed by atoms with E-state index in [0.29, 0.717) is 6.54 Å². The monoisotopic (exact) mass is 269 g/mol. The summed E-state index contributed by atoms with van der Waals surface area (Å²) in [6, 6.07) is 4.95. The fourth-order valence-electron chi connectivity index (χ4n) is 1.69. The van der Waals surface area contributed by atoms with Gasteiger partial charge in [0, 0.05) is 17.8 Å². The van der Waals surface area contributed by atoms with E-state index in [4.69, 9.17) is 5.73 Å². The van der Waals surface area contributed by atoms with Gasteiger partial charge >= 0.3 is 6.18 Å². The Kier molecular flexibility index (Phi) is 3.61. The largest absolute Gasteiger partial charge is 0.416 e. The van der Waals surface area contributed by atoms with Gasteiger partial charge < -0.3 is 5.73 Å². The van der Waals surface area contributed by atoms with Crippen LogP contribution in [0.15, 0.2) is 36.7 Å². The molecule has 6 heteroatoms. The second kappa shape index (κ2) is 5.05. The molecule has 1 aromatic carbocycles. The van der Waals surface area contributed by atoms with Crippen LogP contribution in [0.1, 0.15) is 29.7 Å².